The van der Waals surface area contributed by atoms with Gasteiger partial charge in [0.2, 0.25) is 0 Å². The van der Waals surface area contributed by atoms with Crippen LogP contribution >= 0.6 is 31.9 Å². The summed E-state index contributed by atoms with van der Waals surface area (Å²) in [6, 6.07) is 0. The van der Waals surface area contributed by atoms with E-state index in [-0.39, 0.29) is 0 Å². The lowest BCUT2D eigenvalue weighted by atomic mass is 10.8. The molecule has 0 saturated heterocycles. The molecule has 0 amide bonds. The normalized spacial score (nSPS) is 7.86. The van der Waals surface area contributed by atoms with Gasteiger partial charge in [-0.1, -0.05) is 0 Å². The monoisotopic (exact) mass is 245 g/mol. The summed E-state index contributed by atoms with van der Waals surface area (Å²) in [4.78, 5) is 0.708. The predicted octanol–water partition coefficient (Wildman–Crippen LogP) is 2.39. The lowest BCUT2D eigenvalue weighted by Crippen LogP contribution is -1.65. The van der Waals surface area contributed by atoms with Gasteiger partial charge in [0.25, 0.3) is 4.91 Å². The molecule has 0 spiro atoms. The van der Waals surface area contributed by atoms with E-state index in [1.165, 1.54) is 0 Å². The summed E-state index contributed by atoms with van der Waals surface area (Å²) in [6.07, 6.45) is 0. The summed E-state index contributed by atoms with van der Waals surface area (Å²) in [5.41, 5.74) is 0. The zero-order valence-electron chi connectivity index (χ0n) is 3.57. The smallest absolute Gasteiger partial charge is 0.0366 e. The van der Waals surface area contributed by atoms with Crippen LogP contribution in [0.5, 0.6) is 0 Å². The minimum absolute atomic E-state index is 0.469. The van der Waals surface area contributed by atoms with Gasteiger partial charge < -0.3 is 0 Å². The van der Waals surface area contributed by atoms with Crippen molar-refractivity contribution < 1.29 is 4.21 Å². The summed E-state index contributed by atoms with van der Waals surface area (Å²) in [5.74, 6) is 0. The fourth-order valence-corrected chi connectivity index (χ4v) is 0.491. The van der Waals surface area contributed by atoms with E-state index in [2.05, 4.69) is 31.9 Å². The molecule has 0 heterocycles. The van der Waals surface area contributed by atoms with Crippen molar-refractivity contribution in [3.63, 3.8) is 0 Å². The molecule has 4 heteroatoms. The van der Waals surface area contributed by atoms with E-state index in [1.54, 1.807) is 6.92 Å². The summed E-state index contributed by atoms with van der Waals surface area (Å²) in [6.45, 7) is 1.73. The zero-order valence-corrected chi connectivity index (χ0v) is 7.56. The highest BCUT2D eigenvalue weighted by Gasteiger charge is 2.06. The Balaban J connectivity index is 3.98. The van der Waals surface area contributed by atoms with E-state index in [9.17, 15) is 4.21 Å². The van der Waals surface area contributed by atoms with Crippen molar-refractivity contribution in [1.29, 1.82) is 0 Å². The lowest BCUT2D eigenvalue weighted by Gasteiger charge is -1.68. The number of allylic oxidation sites excluding steroid dienone is 1. The van der Waals surface area contributed by atoms with Crippen LogP contribution in [-0.2, 0) is 15.9 Å². The molecule has 0 fully saturated rings. The van der Waals surface area contributed by atoms with Crippen LogP contribution in [0.2, 0.25) is 0 Å². The van der Waals surface area contributed by atoms with Crippen molar-refractivity contribution in [2.75, 3.05) is 0 Å². The van der Waals surface area contributed by atoms with Gasteiger partial charge in [-0.05, 0) is 31.9 Å². The maximum Gasteiger partial charge on any atom is 0.501 e. The third kappa shape index (κ3) is 3.32. The van der Waals surface area contributed by atoms with E-state index < -0.39 is 0 Å². The number of halogens is 2. The van der Waals surface area contributed by atoms with Crippen LogP contribution in [0.4, 0.5) is 0 Å². The van der Waals surface area contributed by atoms with Crippen LogP contribution in [0.15, 0.2) is 8.30 Å². The molecule has 7 heavy (non-hydrogen) atoms. The Morgan fingerprint density at radius 2 is 2.00 bits per heavy atom. The summed E-state index contributed by atoms with van der Waals surface area (Å²) in [5, 5.41) is 0. The molecule has 0 atom stereocenters. The number of rotatable bonds is 1. The first-order chi connectivity index (χ1) is 3.18. The molecule has 0 bridgehead atoms. The molecule has 40 valence electrons. The minimum atomic E-state index is 0.469. The van der Waals surface area contributed by atoms with Crippen LogP contribution in [0.25, 0.3) is 0 Å². The molecule has 0 aromatic rings. The van der Waals surface area contributed by atoms with E-state index in [1.807, 2.05) is 0 Å². The molecule has 1 nitrogen and oxygen atoms in total. The topological polar surface area (TPSA) is 17.1 Å². The van der Waals surface area contributed by atoms with Gasteiger partial charge in [0.15, 0.2) is 0 Å². The number of hydrogen-bond donors (Lipinski definition) is 0. The van der Waals surface area contributed by atoms with Gasteiger partial charge in [0.1, 0.15) is 3.39 Å². The molecule has 0 radical (unpaired) electrons. The highest BCUT2D eigenvalue weighted by molar-refractivity contribution is 9.28. The van der Waals surface area contributed by atoms with Crippen molar-refractivity contribution in [3.05, 3.63) is 8.30 Å². The summed E-state index contributed by atoms with van der Waals surface area (Å²) in [7, 11) is 0. The van der Waals surface area contributed by atoms with Crippen LogP contribution < -0.4 is 0 Å². The Labute approximate surface area is 62.9 Å². The second-order valence-corrected chi connectivity index (χ2v) is 4.33. The molecular weight excluding hydrogens is 244 g/mol. The third-order valence-corrected chi connectivity index (χ3v) is 2.56. The minimum Gasteiger partial charge on any atom is -0.0366 e. The molecule has 0 unspecified atom stereocenters. The second kappa shape index (κ2) is 3.69. The largest absolute Gasteiger partial charge is 0.501 e. The molecular formula is C3H3Br2OS+. The van der Waals surface area contributed by atoms with Crippen LogP contribution in [0.1, 0.15) is 6.92 Å². The zero-order chi connectivity index (χ0) is 5.86. The van der Waals surface area contributed by atoms with E-state index in [0.29, 0.717) is 16.6 Å². The van der Waals surface area contributed by atoms with Gasteiger partial charge >= 0.3 is 11.7 Å². The first kappa shape index (κ1) is 7.72. The molecule has 0 saturated carbocycles. The first-order valence-electron chi connectivity index (χ1n) is 1.50. The third-order valence-electron chi connectivity index (χ3n) is 0.391. The summed E-state index contributed by atoms with van der Waals surface area (Å²) >= 11 is 6.62. The Morgan fingerprint density at radius 1 is 1.57 bits per heavy atom. The SMILES string of the molecule is CC([S+]=O)=C(Br)Br. The highest BCUT2D eigenvalue weighted by atomic mass is 79.9. The van der Waals surface area contributed by atoms with Crippen molar-refractivity contribution in [2.24, 2.45) is 0 Å². The predicted molar refractivity (Wildman–Crippen MR) is 38.6 cm³/mol. The highest BCUT2D eigenvalue weighted by Crippen LogP contribution is 2.17. The van der Waals surface area contributed by atoms with Gasteiger partial charge in [-0.25, -0.2) is 0 Å². The van der Waals surface area contributed by atoms with Crippen molar-refractivity contribution in [2.45, 2.75) is 6.92 Å². The number of hydrogen-bond acceptors (Lipinski definition) is 1. The standard InChI is InChI=1S/C3H3Br2OS/c1-2(7-6)3(4)5/h1H3/q+1. The molecule has 0 aliphatic carbocycles. The average Bonchev–Trinajstić information content (AvgIpc) is 1.65. The lowest BCUT2D eigenvalue weighted by molar-refractivity contribution is 0.607. The molecule has 0 aromatic carbocycles. The molecule has 0 rings (SSSR count). The van der Waals surface area contributed by atoms with Gasteiger partial charge in [-0.3, -0.25) is 0 Å². The Morgan fingerprint density at radius 3 is 2.00 bits per heavy atom. The van der Waals surface area contributed by atoms with Crippen molar-refractivity contribution in [1.82, 2.24) is 0 Å². The van der Waals surface area contributed by atoms with E-state index >= 15 is 0 Å². The summed E-state index contributed by atoms with van der Waals surface area (Å²) < 4.78 is 10.6. The molecule has 0 aliphatic heterocycles. The van der Waals surface area contributed by atoms with Gasteiger partial charge in [-0.2, -0.15) is 0 Å². The fraction of sp³-hybridized carbons (Fsp3) is 0.333. The van der Waals surface area contributed by atoms with Gasteiger partial charge in [0.05, 0.1) is 0 Å². The molecule has 0 N–H and O–H groups in total. The van der Waals surface area contributed by atoms with Gasteiger partial charge in [0, 0.05) is 11.1 Å². The first-order valence-corrected chi connectivity index (χ1v) is 3.83. The van der Waals surface area contributed by atoms with Crippen LogP contribution in [0, 0.1) is 0 Å². The molecule has 0 aromatic heterocycles. The average molecular weight is 247 g/mol. The maximum absolute atomic E-state index is 9.87. The van der Waals surface area contributed by atoms with E-state index in [4.69, 9.17) is 0 Å². The molecule has 0 aliphatic rings. The van der Waals surface area contributed by atoms with Crippen LogP contribution in [0.3, 0.4) is 0 Å². The second-order valence-electron chi connectivity index (χ2n) is 0.900. The van der Waals surface area contributed by atoms with Crippen LogP contribution in [-0.4, -0.2) is 0 Å². The van der Waals surface area contributed by atoms with Gasteiger partial charge in [-0.15, -0.1) is 0 Å². The quantitative estimate of drug-likeness (QED) is 0.650. The van der Waals surface area contributed by atoms with Crippen molar-refractivity contribution >= 4 is 43.5 Å². The Bertz CT molecular complexity index is 106. The van der Waals surface area contributed by atoms with Crippen molar-refractivity contribution in [3.8, 4) is 0 Å². The maximum atomic E-state index is 9.87. The Hall–Kier alpha value is 0.720. The van der Waals surface area contributed by atoms with E-state index in [0.717, 1.165) is 3.39 Å². The fourth-order valence-electron chi connectivity index (χ4n) is 0.0315. The Kier molecular flexibility index (Phi) is 4.07.